The molecule has 0 aliphatic heterocycles. The Bertz CT molecular complexity index is 1020. The molecule has 0 aromatic carbocycles. The van der Waals surface area contributed by atoms with E-state index in [4.69, 9.17) is 9.47 Å². The summed E-state index contributed by atoms with van der Waals surface area (Å²) < 4.78 is 11.3. The molecule has 11 atom stereocenters. The van der Waals surface area contributed by atoms with Crippen LogP contribution in [0.4, 0.5) is 0 Å². The van der Waals surface area contributed by atoms with Gasteiger partial charge in [-0.25, -0.2) is 0 Å². The van der Waals surface area contributed by atoms with Gasteiger partial charge in [0.2, 0.25) is 0 Å². The topological polar surface area (TPSA) is 69.7 Å². The largest absolute Gasteiger partial charge is 0.469 e. The van der Waals surface area contributed by atoms with Gasteiger partial charge >= 0.3 is 11.9 Å². The molecule has 0 N–H and O–H groups in total. The lowest BCUT2D eigenvalue weighted by atomic mass is 9.31. The molecule has 0 aromatic heterocycles. The van der Waals surface area contributed by atoms with Crippen LogP contribution in [-0.4, -0.2) is 30.9 Å². The number of Topliss-reactive ketones (excluding diaryl/α,β-unsaturated/α-hetero) is 1. The molecule has 5 aliphatic carbocycles. The molecule has 0 bridgehead atoms. The SMILES string of the molecule is COC(=O)[C@@]12CC[C@H](C)[C@@H](C)[C@H]1[C@H]1C(=O)C[C@H]3[C@@]4(C)CC[C@H](OC(C)=O)C(C)(C)[C@@H]4CC[C@]3(C)[C@]1(C)CC2. The number of ketones is 1. The molecule has 0 unspecified atom stereocenters. The number of carbonyl (C=O) groups excluding carboxylic acids is 3. The highest BCUT2D eigenvalue weighted by molar-refractivity contribution is 5.87. The predicted molar refractivity (Wildman–Crippen MR) is 147 cm³/mol. The number of rotatable bonds is 2. The van der Waals surface area contributed by atoms with Crippen molar-refractivity contribution < 1.29 is 23.9 Å². The second-order valence-electron chi connectivity index (χ2n) is 15.6. The fourth-order valence-corrected chi connectivity index (χ4v) is 11.9. The minimum atomic E-state index is -0.519. The molecule has 0 radical (unpaired) electrons. The molecule has 5 fully saturated rings. The number of carbonyl (C=O) groups is 3. The minimum absolute atomic E-state index is 0.0269. The Hall–Kier alpha value is -1.39. The van der Waals surface area contributed by atoms with Crippen LogP contribution >= 0.6 is 0 Å². The van der Waals surface area contributed by atoms with Crippen LogP contribution in [0.2, 0.25) is 0 Å². The number of hydrogen-bond acceptors (Lipinski definition) is 5. The molecule has 0 amide bonds. The van der Waals surface area contributed by atoms with Crippen LogP contribution in [0.15, 0.2) is 0 Å². The van der Waals surface area contributed by atoms with Crippen LogP contribution < -0.4 is 0 Å². The fraction of sp³-hybridized carbons (Fsp3) is 0.909. The summed E-state index contributed by atoms with van der Waals surface area (Å²) in [5.74, 6) is 1.64. The van der Waals surface area contributed by atoms with E-state index in [0.717, 1.165) is 51.4 Å². The van der Waals surface area contributed by atoms with Gasteiger partial charge in [0.15, 0.2) is 0 Å². The van der Waals surface area contributed by atoms with E-state index in [1.165, 1.54) is 14.0 Å². The second kappa shape index (κ2) is 8.80. The van der Waals surface area contributed by atoms with Crippen molar-refractivity contribution in [3.05, 3.63) is 0 Å². The van der Waals surface area contributed by atoms with Gasteiger partial charge < -0.3 is 9.47 Å². The lowest BCUT2D eigenvalue weighted by Crippen LogP contribution is -2.70. The molecule has 0 spiro atoms. The van der Waals surface area contributed by atoms with E-state index in [-0.39, 0.29) is 51.5 Å². The third-order valence-electron chi connectivity index (χ3n) is 14.2. The highest BCUT2D eigenvalue weighted by Crippen LogP contribution is 2.76. The van der Waals surface area contributed by atoms with Gasteiger partial charge in [0.25, 0.3) is 0 Å². The zero-order valence-electron chi connectivity index (χ0n) is 25.4. The number of hydrogen-bond donors (Lipinski definition) is 0. The maximum Gasteiger partial charge on any atom is 0.312 e. The summed E-state index contributed by atoms with van der Waals surface area (Å²) in [6, 6.07) is 0. The van der Waals surface area contributed by atoms with Gasteiger partial charge in [-0.15, -0.1) is 0 Å². The Morgan fingerprint density at radius 2 is 1.53 bits per heavy atom. The van der Waals surface area contributed by atoms with Crippen LogP contribution in [0.1, 0.15) is 113 Å². The van der Waals surface area contributed by atoms with E-state index in [9.17, 15) is 14.4 Å². The van der Waals surface area contributed by atoms with Crippen LogP contribution in [0.25, 0.3) is 0 Å². The van der Waals surface area contributed by atoms with Gasteiger partial charge in [-0.2, -0.15) is 0 Å². The Balaban J connectivity index is 1.56. The van der Waals surface area contributed by atoms with Gasteiger partial charge in [0.05, 0.1) is 12.5 Å². The molecular formula is C33H52O5. The highest BCUT2D eigenvalue weighted by Gasteiger charge is 2.73. The third kappa shape index (κ3) is 3.44. The lowest BCUT2D eigenvalue weighted by molar-refractivity contribution is -0.250. The first-order valence-corrected chi connectivity index (χ1v) is 15.4. The van der Waals surface area contributed by atoms with Gasteiger partial charge in [-0.3, -0.25) is 14.4 Å². The summed E-state index contributed by atoms with van der Waals surface area (Å²) in [5, 5.41) is 0. The standard InChI is InChI=1S/C33H52O5/c1-19-10-15-33(28(36)37-9)17-16-32(8)27(26(33)20(19)2)22(35)18-24-30(6)13-12-25(38-21(3)34)29(4,5)23(30)11-14-31(24,32)7/h19-20,23-27H,10-18H2,1-9H3/t19-,20+,23-,24-,25-,26-,27+,30-,31-,32+,33+/m0/s1. The quantitative estimate of drug-likeness (QED) is 0.361. The Morgan fingerprint density at radius 1 is 0.842 bits per heavy atom. The molecular weight excluding hydrogens is 476 g/mol. The first kappa shape index (κ1) is 28.1. The van der Waals surface area contributed by atoms with E-state index in [1.807, 2.05) is 0 Å². The summed E-state index contributed by atoms with van der Waals surface area (Å²) in [5.41, 5.74) is -0.718. The van der Waals surface area contributed by atoms with Crippen LogP contribution in [-0.2, 0) is 23.9 Å². The van der Waals surface area contributed by atoms with Crippen molar-refractivity contribution in [3.63, 3.8) is 0 Å². The van der Waals surface area contributed by atoms with Crippen molar-refractivity contribution in [2.45, 2.75) is 119 Å². The molecule has 5 aliphatic rings. The van der Waals surface area contributed by atoms with Gasteiger partial charge in [-0.1, -0.05) is 48.5 Å². The van der Waals surface area contributed by atoms with Crippen molar-refractivity contribution in [2.24, 2.45) is 62.6 Å². The first-order valence-electron chi connectivity index (χ1n) is 15.4. The van der Waals surface area contributed by atoms with E-state index in [0.29, 0.717) is 35.9 Å². The first-order chi connectivity index (χ1) is 17.6. The zero-order valence-corrected chi connectivity index (χ0v) is 25.4. The number of ether oxygens (including phenoxy) is 2. The summed E-state index contributed by atoms with van der Waals surface area (Å²) >= 11 is 0. The normalized spacial score (nSPS) is 51.5. The van der Waals surface area contributed by atoms with E-state index in [1.54, 1.807) is 0 Å². The third-order valence-corrected chi connectivity index (χ3v) is 14.2. The monoisotopic (exact) mass is 528 g/mol. The Labute approximate surface area is 230 Å². The molecule has 214 valence electrons. The average Bonchev–Trinajstić information content (AvgIpc) is 2.84. The molecule has 5 saturated carbocycles. The molecule has 5 rings (SSSR count). The average molecular weight is 529 g/mol. The molecule has 0 saturated heterocycles. The number of methoxy groups -OCH3 is 1. The van der Waals surface area contributed by atoms with Crippen LogP contribution in [0.5, 0.6) is 0 Å². The van der Waals surface area contributed by atoms with Crippen molar-refractivity contribution >= 4 is 17.7 Å². The van der Waals surface area contributed by atoms with E-state index < -0.39 is 5.41 Å². The molecule has 5 nitrogen and oxygen atoms in total. The fourth-order valence-electron chi connectivity index (χ4n) is 11.9. The maximum absolute atomic E-state index is 14.6. The van der Waals surface area contributed by atoms with Crippen LogP contribution in [0.3, 0.4) is 0 Å². The van der Waals surface area contributed by atoms with E-state index >= 15 is 0 Å². The molecule has 5 heteroatoms. The zero-order chi connectivity index (χ0) is 28.1. The van der Waals surface area contributed by atoms with Crippen molar-refractivity contribution in [1.82, 2.24) is 0 Å². The molecule has 0 aromatic rings. The summed E-state index contributed by atoms with van der Waals surface area (Å²) in [4.78, 5) is 40.0. The van der Waals surface area contributed by atoms with Crippen LogP contribution in [0, 0.1) is 62.6 Å². The van der Waals surface area contributed by atoms with Gasteiger partial charge in [0, 0.05) is 24.7 Å². The second-order valence-corrected chi connectivity index (χ2v) is 15.6. The number of esters is 2. The maximum atomic E-state index is 14.6. The summed E-state index contributed by atoms with van der Waals surface area (Å²) in [6.07, 6.45) is 8.24. The summed E-state index contributed by atoms with van der Waals surface area (Å²) in [7, 11) is 1.53. The summed E-state index contributed by atoms with van der Waals surface area (Å²) in [6.45, 7) is 18.1. The smallest absolute Gasteiger partial charge is 0.312 e. The number of fused-ring (bicyclic) bond motifs is 7. The predicted octanol–water partition coefficient (Wildman–Crippen LogP) is 7.01. The molecule has 0 heterocycles. The highest BCUT2D eigenvalue weighted by atomic mass is 16.5. The van der Waals surface area contributed by atoms with E-state index in [2.05, 4.69) is 48.5 Å². The minimum Gasteiger partial charge on any atom is -0.469 e. The lowest BCUT2D eigenvalue weighted by Gasteiger charge is -2.73. The Morgan fingerprint density at radius 3 is 2.16 bits per heavy atom. The van der Waals surface area contributed by atoms with Crippen molar-refractivity contribution in [1.29, 1.82) is 0 Å². The Kier molecular flexibility index (Phi) is 6.52. The van der Waals surface area contributed by atoms with Gasteiger partial charge in [0.1, 0.15) is 11.9 Å². The van der Waals surface area contributed by atoms with Crippen molar-refractivity contribution in [2.75, 3.05) is 7.11 Å². The van der Waals surface area contributed by atoms with Crippen molar-refractivity contribution in [3.8, 4) is 0 Å². The van der Waals surface area contributed by atoms with Gasteiger partial charge in [-0.05, 0) is 97.2 Å². The molecule has 38 heavy (non-hydrogen) atoms.